The van der Waals surface area contributed by atoms with Crippen molar-refractivity contribution in [3.8, 4) is 0 Å². The zero-order valence-electron chi connectivity index (χ0n) is 12.1. The van der Waals surface area contributed by atoms with Gasteiger partial charge in [0, 0.05) is 18.2 Å². The molecule has 114 valence electrons. The lowest BCUT2D eigenvalue weighted by atomic mass is 10.1. The Morgan fingerprint density at radius 2 is 2.29 bits per heavy atom. The monoisotopic (exact) mass is 293 g/mol. The Bertz CT molecular complexity index is 561. The van der Waals surface area contributed by atoms with Gasteiger partial charge in [0.05, 0.1) is 23.7 Å². The molecule has 0 aliphatic carbocycles. The Labute approximate surface area is 122 Å². The highest BCUT2D eigenvalue weighted by atomic mass is 16.6. The SMILES string of the molecule is CCC1COC(C)CN1C(=O)c1ccc(N)c([N+](=O)[O-])c1. The molecule has 1 heterocycles. The molecule has 0 bridgehead atoms. The maximum Gasteiger partial charge on any atom is 0.292 e. The average Bonchev–Trinajstić information content (AvgIpc) is 2.46. The molecule has 1 aliphatic rings. The summed E-state index contributed by atoms with van der Waals surface area (Å²) in [5, 5.41) is 10.9. The number of nitrogens with zero attached hydrogens (tertiary/aromatic N) is 2. The van der Waals surface area contributed by atoms with Gasteiger partial charge in [-0.1, -0.05) is 6.92 Å². The fraction of sp³-hybridized carbons (Fsp3) is 0.500. The number of nitro groups is 1. The molecule has 2 atom stereocenters. The van der Waals surface area contributed by atoms with E-state index in [2.05, 4.69) is 0 Å². The van der Waals surface area contributed by atoms with E-state index in [4.69, 9.17) is 10.5 Å². The standard InChI is InChI=1S/C14H19N3O4/c1-3-11-8-21-9(2)7-16(11)14(18)10-4-5-12(15)13(6-10)17(19)20/h4-6,9,11H,3,7-8,15H2,1-2H3. The molecule has 0 spiro atoms. The molecule has 1 aliphatic heterocycles. The molecule has 21 heavy (non-hydrogen) atoms. The van der Waals surface area contributed by atoms with Gasteiger partial charge in [0.1, 0.15) is 5.69 Å². The zero-order chi connectivity index (χ0) is 15.6. The Kier molecular flexibility index (Phi) is 4.42. The molecule has 1 aromatic carbocycles. The molecule has 7 nitrogen and oxygen atoms in total. The van der Waals surface area contributed by atoms with E-state index < -0.39 is 4.92 Å². The number of nitrogen functional groups attached to an aromatic ring is 1. The first-order chi connectivity index (χ1) is 9.93. The van der Waals surface area contributed by atoms with Gasteiger partial charge in [0.15, 0.2) is 0 Å². The molecule has 2 rings (SSSR count). The Hall–Kier alpha value is -2.15. The van der Waals surface area contributed by atoms with Crippen LogP contribution in [0.1, 0.15) is 30.6 Å². The van der Waals surface area contributed by atoms with Crippen LogP contribution in [0.4, 0.5) is 11.4 Å². The summed E-state index contributed by atoms with van der Waals surface area (Å²) in [6, 6.07) is 4.16. The third-order valence-electron chi connectivity index (χ3n) is 3.67. The van der Waals surface area contributed by atoms with E-state index in [1.165, 1.54) is 18.2 Å². The second-order valence-corrected chi connectivity index (χ2v) is 5.19. The molecule has 7 heteroatoms. The Balaban J connectivity index is 2.30. The van der Waals surface area contributed by atoms with Gasteiger partial charge >= 0.3 is 0 Å². The predicted molar refractivity (Wildman–Crippen MR) is 78.0 cm³/mol. The van der Waals surface area contributed by atoms with Crippen molar-refractivity contribution in [1.82, 2.24) is 4.90 Å². The van der Waals surface area contributed by atoms with Crippen LogP contribution in [0.2, 0.25) is 0 Å². The Morgan fingerprint density at radius 1 is 1.57 bits per heavy atom. The summed E-state index contributed by atoms with van der Waals surface area (Å²) in [7, 11) is 0. The third-order valence-corrected chi connectivity index (χ3v) is 3.67. The minimum absolute atomic E-state index is 0.00897. The molecule has 1 fully saturated rings. The van der Waals surface area contributed by atoms with Crippen molar-refractivity contribution in [2.45, 2.75) is 32.4 Å². The number of hydrogen-bond donors (Lipinski definition) is 1. The molecule has 1 saturated heterocycles. The summed E-state index contributed by atoms with van der Waals surface area (Å²) in [5.41, 5.74) is 5.65. The zero-order valence-corrected chi connectivity index (χ0v) is 12.1. The smallest absolute Gasteiger partial charge is 0.292 e. The van der Waals surface area contributed by atoms with Gasteiger partial charge in [-0.3, -0.25) is 14.9 Å². The van der Waals surface area contributed by atoms with Gasteiger partial charge in [0.2, 0.25) is 0 Å². The number of benzene rings is 1. The van der Waals surface area contributed by atoms with Crippen LogP contribution in [0.5, 0.6) is 0 Å². The van der Waals surface area contributed by atoms with Crippen LogP contribution in [0.3, 0.4) is 0 Å². The minimum Gasteiger partial charge on any atom is -0.393 e. The molecule has 1 amide bonds. The van der Waals surface area contributed by atoms with Crippen molar-refractivity contribution in [3.63, 3.8) is 0 Å². The molecule has 0 aromatic heterocycles. The first-order valence-electron chi connectivity index (χ1n) is 6.90. The van der Waals surface area contributed by atoms with Crippen molar-refractivity contribution < 1.29 is 14.5 Å². The van der Waals surface area contributed by atoms with Crippen LogP contribution in [-0.2, 0) is 4.74 Å². The summed E-state index contributed by atoms with van der Waals surface area (Å²) in [6.07, 6.45) is 0.732. The lowest BCUT2D eigenvalue weighted by Gasteiger charge is -2.38. The highest BCUT2D eigenvalue weighted by Gasteiger charge is 2.30. The summed E-state index contributed by atoms with van der Waals surface area (Å²) >= 11 is 0. The van der Waals surface area contributed by atoms with E-state index in [-0.39, 0.29) is 35.0 Å². The average molecular weight is 293 g/mol. The highest BCUT2D eigenvalue weighted by Crippen LogP contribution is 2.25. The van der Waals surface area contributed by atoms with E-state index in [1.807, 2.05) is 13.8 Å². The second kappa shape index (κ2) is 6.09. The molecule has 2 unspecified atom stereocenters. The van der Waals surface area contributed by atoms with Crippen molar-refractivity contribution in [2.24, 2.45) is 0 Å². The number of hydrogen-bond acceptors (Lipinski definition) is 5. The number of carbonyl (C=O) groups is 1. The normalized spacial score (nSPS) is 22.1. The molecular weight excluding hydrogens is 274 g/mol. The molecular formula is C14H19N3O4. The second-order valence-electron chi connectivity index (χ2n) is 5.19. The van der Waals surface area contributed by atoms with Crippen LogP contribution in [0.25, 0.3) is 0 Å². The van der Waals surface area contributed by atoms with E-state index in [0.29, 0.717) is 13.2 Å². The van der Waals surface area contributed by atoms with Crippen molar-refractivity contribution >= 4 is 17.3 Å². The van der Waals surface area contributed by atoms with E-state index in [9.17, 15) is 14.9 Å². The highest BCUT2D eigenvalue weighted by molar-refractivity contribution is 5.96. The van der Waals surface area contributed by atoms with Crippen LogP contribution < -0.4 is 5.73 Å². The maximum absolute atomic E-state index is 12.6. The summed E-state index contributed by atoms with van der Waals surface area (Å²) in [6.45, 7) is 4.85. The molecule has 1 aromatic rings. The number of carbonyl (C=O) groups excluding carboxylic acids is 1. The van der Waals surface area contributed by atoms with Gasteiger partial charge in [-0.05, 0) is 25.5 Å². The van der Waals surface area contributed by atoms with Gasteiger partial charge in [-0.15, -0.1) is 0 Å². The predicted octanol–water partition coefficient (Wildman–Crippen LogP) is 1.82. The number of amides is 1. The fourth-order valence-corrected chi connectivity index (χ4v) is 2.43. The van der Waals surface area contributed by atoms with Crippen molar-refractivity contribution in [2.75, 3.05) is 18.9 Å². The number of anilines is 1. The fourth-order valence-electron chi connectivity index (χ4n) is 2.43. The first-order valence-corrected chi connectivity index (χ1v) is 6.90. The molecule has 0 saturated carbocycles. The summed E-state index contributed by atoms with van der Waals surface area (Å²) < 4.78 is 5.56. The van der Waals surface area contributed by atoms with E-state index in [1.54, 1.807) is 4.90 Å². The number of nitrogens with two attached hydrogens (primary N) is 1. The van der Waals surface area contributed by atoms with Gasteiger partial charge in [-0.2, -0.15) is 0 Å². The lowest BCUT2D eigenvalue weighted by molar-refractivity contribution is -0.383. The number of ether oxygens (including phenoxy) is 1. The van der Waals surface area contributed by atoms with Crippen molar-refractivity contribution in [3.05, 3.63) is 33.9 Å². The topological polar surface area (TPSA) is 98.7 Å². The van der Waals surface area contributed by atoms with Crippen LogP contribution in [0.15, 0.2) is 18.2 Å². The van der Waals surface area contributed by atoms with Crippen LogP contribution >= 0.6 is 0 Å². The number of morpholine rings is 1. The lowest BCUT2D eigenvalue weighted by Crippen LogP contribution is -2.51. The molecule has 0 radical (unpaired) electrons. The summed E-state index contributed by atoms with van der Waals surface area (Å²) in [5.74, 6) is -0.222. The quantitative estimate of drug-likeness (QED) is 0.520. The van der Waals surface area contributed by atoms with Gasteiger partial charge in [-0.25, -0.2) is 0 Å². The third kappa shape index (κ3) is 3.13. The Morgan fingerprint density at radius 3 is 2.90 bits per heavy atom. The minimum atomic E-state index is -0.578. The van der Waals surface area contributed by atoms with Crippen LogP contribution in [-0.4, -0.2) is 41.0 Å². The summed E-state index contributed by atoms with van der Waals surface area (Å²) in [4.78, 5) is 24.7. The molecule has 2 N–H and O–H groups in total. The van der Waals surface area contributed by atoms with E-state index in [0.717, 1.165) is 6.42 Å². The maximum atomic E-state index is 12.6. The number of rotatable bonds is 3. The number of nitro benzene ring substituents is 1. The van der Waals surface area contributed by atoms with Crippen molar-refractivity contribution in [1.29, 1.82) is 0 Å². The van der Waals surface area contributed by atoms with Gasteiger partial charge < -0.3 is 15.4 Å². The largest absolute Gasteiger partial charge is 0.393 e. The van der Waals surface area contributed by atoms with E-state index >= 15 is 0 Å². The van der Waals surface area contributed by atoms with Gasteiger partial charge in [0.25, 0.3) is 11.6 Å². The van der Waals surface area contributed by atoms with Crippen LogP contribution in [0, 0.1) is 10.1 Å². The first kappa shape index (κ1) is 15.2.